The SMILES string of the molecule is CC(N)Cc1ccc(OCC2CCC3(CCCC3)O2)cn1. The first-order chi connectivity index (χ1) is 10.2. The average Bonchev–Trinajstić information content (AvgIpc) is 3.08. The number of pyridine rings is 1. The van der Waals surface area contributed by atoms with Crippen LogP contribution in [0.25, 0.3) is 0 Å². The van der Waals surface area contributed by atoms with E-state index in [9.17, 15) is 0 Å². The van der Waals surface area contributed by atoms with Gasteiger partial charge < -0.3 is 15.2 Å². The van der Waals surface area contributed by atoms with Gasteiger partial charge in [-0.2, -0.15) is 0 Å². The third-order valence-corrected chi connectivity index (χ3v) is 4.62. The van der Waals surface area contributed by atoms with Gasteiger partial charge in [0.2, 0.25) is 0 Å². The Morgan fingerprint density at radius 2 is 2.19 bits per heavy atom. The van der Waals surface area contributed by atoms with E-state index in [0.29, 0.717) is 6.61 Å². The zero-order valence-electron chi connectivity index (χ0n) is 12.9. The van der Waals surface area contributed by atoms with E-state index in [2.05, 4.69) is 4.98 Å². The third-order valence-electron chi connectivity index (χ3n) is 4.62. The molecule has 0 amide bonds. The van der Waals surface area contributed by atoms with Gasteiger partial charge in [0, 0.05) is 18.2 Å². The van der Waals surface area contributed by atoms with Gasteiger partial charge in [-0.15, -0.1) is 0 Å². The summed E-state index contributed by atoms with van der Waals surface area (Å²) in [7, 11) is 0. The largest absolute Gasteiger partial charge is 0.489 e. The molecule has 2 atom stereocenters. The van der Waals surface area contributed by atoms with E-state index in [1.807, 2.05) is 19.1 Å². The summed E-state index contributed by atoms with van der Waals surface area (Å²) in [5, 5.41) is 0. The fourth-order valence-corrected chi connectivity index (χ4v) is 3.54. The number of aromatic nitrogens is 1. The molecule has 0 radical (unpaired) electrons. The highest BCUT2D eigenvalue weighted by atomic mass is 16.6. The van der Waals surface area contributed by atoms with Crippen molar-refractivity contribution >= 4 is 0 Å². The lowest BCUT2D eigenvalue weighted by Gasteiger charge is -2.23. The molecule has 4 heteroatoms. The van der Waals surface area contributed by atoms with Gasteiger partial charge in [-0.1, -0.05) is 12.8 Å². The first-order valence-corrected chi connectivity index (χ1v) is 8.16. The van der Waals surface area contributed by atoms with Crippen LogP contribution in [0.15, 0.2) is 18.3 Å². The highest BCUT2D eigenvalue weighted by molar-refractivity contribution is 5.20. The number of rotatable bonds is 5. The lowest BCUT2D eigenvalue weighted by atomic mass is 9.98. The molecule has 1 saturated heterocycles. The molecule has 2 aliphatic rings. The fourth-order valence-electron chi connectivity index (χ4n) is 3.54. The summed E-state index contributed by atoms with van der Waals surface area (Å²) in [6.45, 7) is 2.62. The van der Waals surface area contributed by atoms with Gasteiger partial charge in [-0.3, -0.25) is 4.98 Å². The molecule has 2 heterocycles. The fraction of sp³-hybridized carbons (Fsp3) is 0.706. The minimum Gasteiger partial charge on any atom is -0.489 e. The number of nitrogens with two attached hydrogens (primary N) is 1. The normalized spacial score (nSPS) is 25.3. The van der Waals surface area contributed by atoms with Crippen LogP contribution in [-0.2, 0) is 11.2 Å². The topological polar surface area (TPSA) is 57.4 Å². The summed E-state index contributed by atoms with van der Waals surface area (Å²) in [5.41, 5.74) is 6.97. The van der Waals surface area contributed by atoms with E-state index < -0.39 is 0 Å². The Hall–Kier alpha value is -1.13. The molecule has 21 heavy (non-hydrogen) atoms. The van der Waals surface area contributed by atoms with E-state index in [4.69, 9.17) is 15.2 Å². The van der Waals surface area contributed by atoms with Crippen molar-refractivity contribution in [2.24, 2.45) is 5.73 Å². The van der Waals surface area contributed by atoms with Crippen molar-refractivity contribution in [1.29, 1.82) is 0 Å². The summed E-state index contributed by atoms with van der Waals surface area (Å²) in [5.74, 6) is 0.819. The second-order valence-corrected chi connectivity index (χ2v) is 6.65. The molecule has 4 nitrogen and oxygen atoms in total. The summed E-state index contributed by atoms with van der Waals surface area (Å²) >= 11 is 0. The van der Waals surface area contributed by atoms with Crippen LogP contribution in [0.4, 0.5) is 0 Å². The first-order valence-electron chi connectivity index (χ1n) is 8.16. The van der Waals surface area contributed by atoms with Gasteiger partial charge in [-0.25, -0.2) is 0 Å². The van der Waals surface area contributed by atoms with Crippen molar-refractivity contribution in [2.75, 3.05) is 6.61 Å². The molecule has 1 saturated carbocycles. The number of hydrogen-bond acceptors (Lipinski definition) is 4. The molecule has 1 aliphatic carbocycles. The number of ether oxygens (including phenoxy) is 2. The van der Waals surface area contributed by atoms with Gasteiger partial charge in [0.25, 0.3) is 0 Å². The molecule has 0 aromatic carbocycles. The number of hydrogen-bond donors (Lipinski definition) is 1. The Kier molecular flexibility index (Phi) is 4.45. The van der Waals surface area contributed by atoms with Crippen LogP contribution in [0.2, 0.25) is 0 Å². The van der Waals surface area contributed by atoms with Gasteiger partial charge in [-0.05, 0) is 44.7 Å². The van der Waals surface area contributed by atoms with Gasteiger partial charge in [0.15, 0.2) is 0 Å². The maximum atomic E-state index is 6.25. The van der Waals surface area contributed by atoms with Crippen molar-refractivity contribution < 1.29 is 9.47 Å². The minimum atomic E-state index is 0.138. The Bertz CT molecular complexity index is 452. The summed E-state index contributed by atoms with van der Waals surface area (Å²) < 4.78 is 12.1. The van der Waals surface area contributed by atoms with Crippen LogP contribution in [0.3, 0.4) is 0 Å². The average molecular weight is 290 g/mol. The van der Waals surface area contributed by atoms with E-state index in [1.165, 1.54) is 32.1 Å². The molecule has 2 fully saturated rings. The van der Waals surface area contributed by atoms with Crippen LogP contribution in [-0.4, -0.2) is 29.3 Å². The van der Waals surface area contributed by atoms with Crippen molar-refractivity contribution in [2.45, 2.75) is 69.6 Å². The monoisotopic (exact) mass is 290 g/mol. The molecule has 1 spiro atoms. The van der Waals surface area contributed by atoms with E-state index in [1.54, 1.807) is 6.20 Å². The maximum absolute atomic E-state index is 6.25. The quantitative estimate of drug-likeness (QED) is 0.906. The molecule has 2 N–H and O–H groups in total. The molecular formula is C17H26N2O2. The number of nitrogens with zero attached hydrogens (tertiary/aromatic N) is 1. The van der Waals surface area contributed by atoms with Crippen molar-refractivity contribution in [3.63, 3.8) is 0 Å². The molecule has 3 rings (SSSR count). The Morgan fingerprint density at radius 3 is 2.86 bits per heavy atom. The molecule has 2 unspecified atom stereocenters. The predicted molar refractivity (Wildman–Crippen MR) is 82.4 cm³/mol. The molecule has 0 bridgehead atoms. The zero-order valence-corrected chi connectivity index (χ0v) is 12.9. The van der Waals surface area contributed by atoms with Crippen LogP contribution >= 0.6 is 0 Å². The first kappa shape index (κ1) is 14.8. The Labute approximate surface area is 127 Å². The van der Waals surface area contributed by atoms with Crippen molar-refractivity contribution in [1.82, 2.24) is 4.98 Å². The lowest BCUT2D eigenvalue weighted by molar-refractivity contribution is -0.0509. The van der Waals surface area contributed by atoms with E-state index in [-0.39, 0.29) is 17.7 Å². The zero-order chi connectivity index (χ0) is 14.7. The predicted octanol–water partition coefficient (Wildman–Crippen LogP) is 2.84. The van der Waals surface area contributed by atoms with Crippen LogP contribution in [0.1, 0.15) is 51.1 Å². The lowest BCUT2D eigenvalue weighted by Crippen LogP contribution is -2.27. The second-order valence-electron chi connectivity index (χ2n) is 6.65. The summed E-state index contributed by atoms with van der Waals surface area (Å²) in [4.78, 5) is 4.39. The van der Waals surface area contributed by atoms with Crippen LogP contribution in [0, 0.1) is 0 Å². The summed E-state index contributed by atoms with van der Waals surface area (Å²) in [6, 6.07) is 4.11. The molecule has 1 aliphatic heterocycles. The van der Waals surface area contributed by atoms with E-state index in [0.717, 1.165) is 24.3 Å². The molecular weight excluding hydrogens is 264 g/mol. The van der Waals surface area contributed by atoms with Crippen LogP contribution in [0.5, 0.6) is 5.75 Å². The van der Waals surface area contributed by atoms with E-state index >= 15 is 0 Å². The van der Waals surface area contributed by atoms with Crippen molar-refractivity contribution in [3.05, 3.63) is 24.0 Å². The van der Waals surface area contributed by atoms with Gasteiger partial charge >= 0.3 is 0 Å². The van der Waals surface area contributed by atoms with Crippen molar-refractivity contribution in [3.8, 4) is 5.75 Å². The highest BCUT2D eigenvalue weighted by Gasteiger charge is 2.42. The maximum Gasteiger partial charge on any atom is 0.137 e. The smallest absolute Gasteiger partial charge is 0.137 e. The van der Waals surface area contributed by atoms with Gasteiger partial charge in [0.05, 0.1) is 17.9 Å². The molecule has 116 valence electrons. The van der Waals surface area contributed by atoms with Gasteiger partial charge in [0.1, 0.15) is 12.4 Å². The second kappa shape index (κ2) is 6.32. The summed E-state index contributed by atoms with van der Waals surface area (Å²) in [6.07, 6.45) is 10.3. The standard InChI is InChI=1S/C17H26N2O2/c1-13(18)10-14-4-5-15(11-19-14)20-12-16-6-9-17(21-16)7-2-3-8-17/h4-5,11,13,16H,2-3,6-10,12,18H2,1H3. The third kappa shape index (κ3) is 3.74. The molecule has 1 aromatic rings. The highest BCUT2D eigenvalue weighted by Crippen LogP contribution is 2.43. The Morgan fingerprint density at radius 1 is 1.38 bits per heavy atom. The minimum absolute atomic E-state index is 0.138. The Balaban J connectivity index is 1.47. The van der Waals surface area contributed by atoms with Crippen LogP contribution < -0.4 is 10.5 Å². The molecule has 1 aromatic heterocycles.